The lowest BCUT2D eigenvalue weighted by Gasteiger charge is -2.30. The second-order valence-corrected chi connectivity index (χ2v) is 9.43. The molecule has 0 radical (unpaired) electrons. The number of methoxy groups -OCH3 is 1. The standard InChI is InChI=1S/C25H32F2N4O6/c1-14(28)21-20(22(32)29-12-15-7-9-31(10-8-15)25(33)34-2)30-23(37-21)17-5-6-18(36-24(26)27)19(11-17)35-13-16-3-4-16/h5-6,11,14-16,24H,3-4,7-10,12-13,28H2,1-2H3,(H,29,32). The molecule has 2 amide bonds. The van der Waals surface area contributed by atoms with E-state index in [2.05, 4.69) is 15.0 Å². The predicted octanol–water partition coefficient (Wildman–Crippen LogP) is 3.96. The minimum Gasteiger partial charge on any atom is -0.489 e. The molecule has 37 heavy (non-hydrogen) atoms. The normalized spacial score (nSPS) is 17.0. The summed E-state index contributed by atoms with van der Waals surface area (Å²) in [5, 5.41) is 2.89. The van der Waals surface area contributed by atoms with E-state index >= 15 is 0 Å². The summed E-state index contributed by atoms with van der Waals surface area (Å²) in [4.78, 5) is 30.7. The highest BCUT2D eigenvalue weighted by atomic mass is 19.3. The zero-order valence-electron chi connectivity index (χ0n) is 20.9. The van der Waals surface area contributed by atoms with Gasteiger partial charge in [-0.2, -0.15) is 8.78 Å². The summed E-state index contributed by atoms with van der Waals surface area (Å²) in [6.45, 7) is 0.599. The number of ether oxygens (including phenoxy) is 3. The van der Waals surface area contributed by atoms with Crippen molar-refractivity contribution >= 4 is 12.0 Å². The quantitative estimate of drug-likeness (QED) is 0.480. The van der Waals surface area contributed by atoms with Crippen molar-refractivity contribution in [1.82, 2.24) is 15.2 Å². The number of hydrogen-bond acceptors (Lipinski definition) is 8. The predicted molar refractivity (Wildman–Crippen MR) is 128 cm³/mol. The lowest BCUT2D eigenvalue weighted by Crippen LogP contribution is -2.41. The number of carbonyl (C=O) groups is 2. The molecule has 1 saturated heterocycles. The van der Waals surface area contributed by atoms with Gasteiger partial charge in [0.15, 0.2) is 23.0 Å². The maximum atomic E-state index is 13.0. The lowest BCUT2D eigenvalue weighted by molar-refractivity contribution is -0.0515. The molecule has 1 unspecified atom stereocenters. The number of rotatable bonds is 10. The first-order valence-corrected chi connectivity index (χ1v) is 12.3. The van der Waals surface area contributed by atoms with Crippen molar-refractivity contribution in [2.75, 3.05) is 33.4 Å². The van der Waals surface area contributed by atoms with E-state index in [4.69, 9.17) is 19.6 Å². The van der Waals surface area contributed by atoms with Gasteiger partial charge >= 0.3 is 12.7 Å². The van der Waals surface area contributed by atoms with Crippen molar-refractivity contribution in [3.8, 4) is 23.0 Å². The van der Waals surface area contributed by atoms with Gasteiger partial charge in [0.2, 0.25) is 5.89 Å². The first-order valence-electron chi connectivity index (χ1n) is 12.3. The van der Waals surface area contributed by atoms with E-state index in [0.29, 0.717) is 37.7 Å². The number of nitrogens with two attached hydrogens (primary N) is 1. The number of piperidine rings is 1. The third-order valence-corrected chi connectivity index (χ3v) is 6.46. The zero-order chi connectivity index (χ0) is 26.5. The number of likely N-dealkylation sites (tertiary alicyclic amines) is 1. The van der Waals surface area contributed by atoms with Crippen LogP contribution in [0.5, 0.6) is 11.5 Å². The summed E-state index contributed by atoms with van der Waals surface area (Å²) >= 11 is 0. The highest BCUT2D eigenvalue weighted by molar-refractivity contribution is 5.94. The molecule has 202 valence electrons. The molecule has 1 aliphatic heterocycles. The molecule has 10 nitrogen and oxygen atoms in total. The van der Waals surface area contributed by atoms with Crippen LogP contribution < -0.4 is 20.5 Å². The number of benzene rings is 1. The smallest absolute Gasteiger partial charge is 0.409 e. The minimum absolute atomic E-state index is 0.0605. The topological polar surface area (TPSA) is 129 Å². The number of nitrogens with one attached hydrogen (secondary N) is 1. The number of hydrogen-bond donors (Lipinski definition) is 2. The number of aromatic nitrogens is 1. The maximum Gasteiger partial charge on any atom is 0.409 e. The Morgan fingerprint density at radius 3 is 2.54 bits per heavy atom. The molecule has 2 aromatic rings. The van der Waals surface area contributed by atoms with Gasteiger partial charge < -0.3 is 34.6 Å². The van der Waals surface area contributed by atoms with Crippen LogP contribution in [0.3, 0.4) is 0 Å². The van der Waals surface area contributed by atoms with Crippen LogP contribution in [0, 0.1) is 11.8 Å². The third-order valence-electron chi connectivity index (χ3n) is 6.46. The van der Waals surface area contributed by atoms with Crippen LogP contribution >= 0.6 is 0 Å². The van der Waals surface area contributed by atoms with Crippen LogP contribution in [-0.2, 0) is 4.74 Å². The number of alkyl halides is 2. The number of carbonyl (C=O) groups excluding carboxylic acids is 2. The molecule has 4 rings (SSSR count). The summed E-state index contributed by atoms with van der Waals surface area (Å²) in [6.07, 6.45) is 3.18. The Morgan fingerprint density at radius 1 is 1.19 bits per heavy atom. The van der Waals surface area contributed by atoms with E-state index in [1.807, 2.05) is 0 Å². The van der Waals surface area contributed by atoms with Crippen molar-refractivity contribution in [1.29, 1.82) is 0 Å². The molecular weight excluding hydrogens is 490 g/mol. The van der Waals surface area contributed by atoms with Crippen LogP contribution in [0.2, 0.25) is 0 Å². The van der Waals surface area contributed by atoms with Crippen LogP contribution in [0.25, 0.3) is 11.5 Å². The Kier molecular flexibility index (Phi) is 8.47. The van der Waals surface area contributed by atoms with Crippen molar-refractivity contribution in [2.45, 2.75) is 45.3 Å². The first-order chi connectivity index (χ1) is 17.7. The van der Waals surface area contributed by atoms with Crippen molar-refractivity contribution in [3.05, 3.63) is 29.7 Å². The van der Waals surface area contributed by atoms with E-state index in [0.717, 1.165) is 25.7 Å². The summed E-state index contributed by atoms with van der Waals surface area (Å²) in [5.41, 5.74) is 6.54. The monoisotopic (exact) mass is 522 g/mol. The van der Waals surface area contributed by atoms with Gasteiger partial charge in [0.05, 0.1) is 19.8 Å². The largest absolute Gasteiger partial charge is 0.489 e. The fourth-order valence-corrected chi connectivity index (χ4v) is 4.14. The summed E-state index contributed by atoms with van der Waals surface area (Å²) in [6, 6.07) is 3.76. The number of amides is 2. The maximum absolute atomic E-state index is 13.0. The van der Waals surface area contributed by atoms with Crippen molar-refractivity contribution in [2.24, 2.45) is 17.6 Å². The van der Waals surface area contributed by atoms with Gasteiger partial charge in [0.1, 0.15) is 0 Å². The van der Waals surface area contributed by atoms with Gasteiger partial charge in [-0.25, -0.2) is 9.78 Å². The fourth-order valence-electron chi connectivity index (χ4n) is 4.14. The lowest BCUT2D eigenvalue weighted by atomic mass is 9.97. The van der Waals surface area contributed by atoms with Crippen LogP contribution in [-0.4, -0.2) is 61.8 Å². The Morgan fingerprint density at radius 2 is 1.92 bits per heavy atom. The zero-order valence-corrected chi connectivity index (χ0v) is 20.9. The Labute approximate surface area is 213 Å². The molecule has 3 N–H and O–H groups in total. The Balaban J connectivity index is 1.46. The van der Waals surface area contributed by atoms with Gasteiger partial charge in [-0.1, -0.05) is 0 Å². The van der Waals surface area contributed by atoms with E-state index in [1.165, 1.54) is 25.3 Å². The van der Waals surface area contributed by atoms with E-state index in [1.54, 1.807) is 11.8 Å². The molecule has 0 spiro atoms. The molecular formula is C25H32F2N4O6. The Hall–Kier alpha value is -3.41. The third kappa shape index (κ3) is 6.88. The highest BCUT2D eigenvalue weighted by Gasteiger charge is 2.28. The minimum atomic E-state index is -3.00. The van der Waals surface area contributed by atoms with Crippen LogP contribution in [0.15, 0.2) is 22.6 Å². The van der Waals surface area contributed by atoms with Gasteiger partial charge in [0.25, 0.3) is 5.91 Å². The summed E-state index contributed by atoms with van der Waals surface area (Å²) < 4.78 is 46.6. The molecule has 1 aromatic carbocycles. The molecule has 1 saturated carbocycles. The molecule has 12 heteroatoms. The Bertz CT molecular complexity index is 1100. The van der Waals surface area contributed by atoms with E-state index in [-0.39, 0.29) is 40.9 Å². The highest BCUT2D eigenvalue weighted by Crippen LogP contribution is 2.37. The molecule has 2 fully saturated rings. The molecule has 0 bridgehead atoms. The molecule has 1 aromatic heterocycles. The second kappa shape index (κ2) is 11.8. The average Bonchev–Trinajstić information content (AvgIpc) is 3.61. The average molecular weight is 523 g/mol. The van der Waals surface area contributed by atoms with Crippen molar-refractivity contribution in [3.63, 3.8) is 0 Å². The SMILES string of the molecule is COC(=O)N1CCC(CNC(=O)c2nc(-c3ccc(OC(F)F)c(OCC4CC4)c3)oc2C(C)N)CC1. The van der Waals surface area contributed by atoms with Crippen LogP contribution in [0.4, 0.5) is 13.6 Å². The van der Waals surface area contributed by atoms with Gasteiger partial charge in [-0.15, -0.1) is 0 Å². The summed E-state index contributed by atoms with van der Waals surface area (Å²) in [5.74, 6) is 0.552. The van der Waals surface area contributed by atoms with E-state index < -0.39 is 18.6 Å². The second-order valence-electron chi connectivity index (χ2n) is 9.43. The van der Waals surface area contributed by atoms with Gasteiger partial charge in [-0.05, 0) is 62.6 Å². The fraction of sp³-hybridized carbons (Fsp3) is 0.560. The molecule has 2 aliphatic rings. The number of oxazole rings is 1. The first kappa shape index (κ1) is 26.6. The van der Waals surface area contributed by atoms with Crippen molar-refractivity contribution < 1.29 is 37.0 Å². The number of halogens is 2. The molecule has 1 atom stereocenters. The van der Waals surface area contributed by atoms with Crippen LogP contribution in [0.1, 0.15) is 54.9 Å². The van der Waals surface area contributed by atoms with Gasteiger partial charge in [0, 0.05) is 25.2 Å². The number of nitrogens with zero attached hydrogens (tertiary/aromatic N) is 2. The van der Waals surface area contributed by atoms with E-state index in [9.17, 15) is 18.4 Å². The molecule has 2 heterocycles. The molecule has 1 aliphatic carbocycles. The van der Waals surface area contributed by atoms with Gasteiger partial charge in [-0.3, -0.25) is 4.79 Å². The summed E-state index contributed by atoms with van der Waals surface area (Å²) in [7, 11) is 1.35.